The second-order valence-electron chi connectivity index (χ2n) is 5.99. The number of sulfonamides is 1. The molecule has 3 rings (SSSR count). The second-order valence-corrected chi connectivity index (χ2v) is 8.73. The van der Waals surface area contributed by atoms with Crippen LogP contribution in [0.4, 0.5) is 24.0 Å². The van der Waals surface area contributed by atoms with Gasteiger partial charge in [-0.15, -0.1) is 10.2 Å². The van der Waals surface area contributed by atoms with Crippen molar-refractivity contribution >= 4 is 38.1 Å². The number of para-hydroxylation sites is 1. The molecule has 0 atom stereocenters. The average Bonchev–Trinajstić information content (AvgIpc) is 3.15. The zero-order valence-corrected chi connectivity index (χ0v) is 17.0. The number of carbonyl (C=O) groups is 1. The third-order valence-electron chi connectivity index (χ3n) is 3.88. The summed E-state index contributed by atoms with van der Waals surface area (Å²) in [5.74, 6) is -0.642. The lowest BCUT2D eigenvalue weighted by Crippen LogP contribution is -2.19. The van der Waals surface area contributed by atoms with E-state index in [1.807, 2.05) is 6.92 Å². The molecular weight excluding hydrogens is 441 g/mol. The number of aryl methyl sites for hydroxylation is 1. The molecule has 1 aromatic heterocycles. The average molecular weight is 456 g/mol. The van der Waals surface area contributed by atoms with Crippen molar-refractivity contribution in [3.8, 4) is 0 Å². The lowest BCUT2D eigenvalue weighted by atomic mass is 10.2. The molecule has 1 amide bonds. The molecular formula is C18H15F3N4O3S2. The van der Waals surface area contributed by atoms with Crippen LogP contribution in [0.1, 0.15) is 27.9 Å². The van der Waals surface area contributed by atoms with Gasteiger partial charge in [0, 0.05) is 0 Å². The summed E-state index contributed by atoms with van der Waals surface area (Å²) in [6, 6.07) is 9.05. The highest BCUT2D eigenvalue weighted by Gasteiger charge is 2.32. The van der Waals surface area contributed by atoms with Crippen molar-refractivity contribution in [2.75, 3.05) is 10.0 Å². The highest BCUT2D eigenvalue weighted by Crippen LogP contribution is 2.31. The van der Waals surface area contributed by atoms with Crippen LogP contribution in [0.15, 0.2) is 53.4 Å². The molecule has 0 radical (unpaired) electrons. The van der Waals surface area contributed by atoms with Gasteiger partial charge in [-0.2, -0.15) is 13.2 Å². The first-order valence-corrected chi connectivity index (χ1v) is 10.8. The number of anilines is 2. The van der Waals surface area contributed by atoms with Gasteiger partial charge >= 0.3 is 6.18 Å². The van der Waals surface area contributed by atoms with Crippen LogP contribution in [0, 0.1) is 0 Å². The number of nitrogens with one attached hydrogen (secondary N) is 2. The second kappa shape index (κ2) is 8.40. The van der Waals surface area contributed by atoms with Gasteiger partial charge in [-0.3, -0.25) is 14.8 Å². The molecule has 0 fully saturated rings. The molecule has 0 saturated heterocycles. The van der Waals surface area contributed by atoms with E-state index in [1.54, 1.807) is 0 Å². The summed E-state index contributed by atoms with van der Waals surface area (Å²) in [5, 5.41) is 11.2. The number of amides is 1. The molecule has 2 N–H and O–H groups in total. The van der Waals surface area contributed by atoms with Gasteiger partial charge in [0.25, 0.3) is 15.9 Å². The van der Waals surface area contributed by atoms with Crippen LogP contribution in [-0.4, -0.2) is 24.5 Å². The quantitative estimate of drug-likeness (QED) is 0.580. The predicted molar refractivity (Wildman–Crippen MR) is 106 cm³/mol. The first kappa shape index (κ1) is 21.7. The van der Waals surface area contributed by atoms with Gasteiger partial charge in [0.2, 0.25) is 5.13 Å². The van der Waals surface area contributed by atoms with E-state index in [0.717, 1.165) is 18.2 Å². The molecule has 0 unspecified atom stereocenters. The van der Waals surface area contributed by atoms with Crippen LogP contribution in [0.5, 0.6) is 0 Å². The van der Waals surface area contributed by atoms with Crippen LogP contribution < -0.4 is 10.0 Å². The fourth-order valence-electron chi connectivity index (χ4n) is 2.42. The summed E-state index contributed by atoms with van der Waals surface area (Å²) >= 11 is 1.18. The minimum atomic E-state index is -4.69. The van der Waals surface area contributed by atoms with Gasteiger partial charge in [-0.25, -0.2) is 8.42 Å². The third-order valence-corrected chi connectivity index (χ3v) is 6.22. The highest BCUT2D eigenvalue weighted by molar-refractivity contribution is 7.92. The summed E-state index contributed by atoms with van der Waals surface area (Å²) in [4.78, 5) is 12.0. The zero-order valence-electron chi connectivity index (χ0n) is 15.4. The molecule has 1 heterocycles. The minimum Gasteiger partial charge on any atom is -0.296 e. The topological polar surface area (TPSA) is 101 Å². The van der Waals surface area contributed by atoms with Gasteiger partial charge < -0.3 is 0 Å². The fourth-order valence-corrected chi connectivity index (χ4v) is 4.22. The van der Waals surface area contributed by atoms with Crippen molar-refractivity contribution in [3.05, 3.63) is 64.7 Å². The van der Waals surface area contributed by atoms with E-state index < -0.39 is 32.6 Å². The lowest BCUT2D eigenvalue weighted by Gasteiger charge is -2.13. The number of halogens is 3. The largest absolute Gasteiger partial charge is 0.416 e. The molecule has 7 nitrogen and oxygen atoms in total. The molecule has 0 spiro atoms. The number of carbonyl (C=O) groups excluding carboxylic acids is 1. The Morgan fingerprint density at radius 1 is 1.10 bits per heavy atom. The Hall–Kier alpha value is -2.99. The van der Waals surface area contributed by atoms with Crippen LogP contribution in [0.3, 0.4) is 0 Å². The van der Waals surface area contributed by atoms with Gasteiger partial charge in [0.05, 0.1) is 21.7 Å². The number of hydrogen-bond acceptors (Lipinski definition) is 6. The monoisotopic (exact) mass is 456 g/mol. The van der Waals surface area contributed by atoms with Gasteiger partial charge in [0.15, 0.2) is 0 Å². The molecule has 2 aromatic carbocycles. The molecule has 12 heteroatoms. The van der Waals surface area contributed by atoms with Crippen molar-refractivity contribution in [1.82, 2.24) is 10.2 Å². The summed E-state index contributed by atoms with van der Waals surface area (Å²) in [6.45, 7) is 1.88. The van der Waals surface area contributed by atoms with E-state index in [0.29, 0.717) is 17.5 Å². The summed E-state index contributed by atoms with van der Waals surface area (Å²) in [5.41, 5.74) is -1.21. The first-order valence-electron chi connectivity index (χ1n) is 8.53. The van der Waals surface area contributed by atoms with Crippen molar-refractivity contribution in [2.24, 2.45) is 0 Å². The smallest absolute Gasteiger partial charge is 0.296 e. The van der Waals surface area contributed by atoms with Gasteiger partial charge in [0.1, 0.15) is 5.01 Å². The number of hydrogen-bond donors (Lipinski definition) is 2. The molecule has 158 valence electrons. The van der Waals surface area contributed by atoms with E-state index >= 15 is 0 Å². The number of alkyl halides is 3. The molecule has 3 aromatic rings. The Morgan fingerprint density at radius 2 is 1.83 bits per heavy atom. The summed E-state index contributed by atoms with van der Waals surface area (Å²) in [6.07, 6.45) is -4.05. The fraction of sp³-hybridized carbons (Fsp3) is 0.167. The van der Waals surface area contributed by atoms with Crippen LogP contribution in [-0.2, 0) is 22.6 Å². The van der Waals surface area contributed by atoms with E-state index in [1.165, 1.54) is 35.6 Å². The van der Waals surface area contributed by atoms with E-state index in [2.05, 4.69) is 20.2 Å². The van der Waals surface area contributed by atoms with Crippen LogP contribution in [0.2, 0.25) is 0 Å². The van der Waals surface area contributed by atoms with E-state index in [9.17, 15) is 26.4 Å². The van der Waals surface area contributed by atoms with Gasteiger partial charge in [-0.05, 0) is 36.8 Å². The Labute approximate surface area is 174 Å². The van der Waals surface area contributed by atoms with Gasteiger partial charge in [-0.1, -0.05) is 36.5 Å². The predicted octanol–water partition coefficient (Wildman–Crippen LogP) is 4.17. The molecule has 0 bridgehead atoms. The minimum absolute atomic E-state index is 0.0266. The Morgan fingerprint density at radius 3 is 2.50 bits per heavy atom. The maximum absolute atomic E-state index is 12.9. The van der Waals surface area contributed by atoms with Crippen molar-refractivity contribution in [2.45, 2.75) is 24.4 Å². The number of rotatable bonds is 6. The number of aromatic nitrogens is 2. The van der Waals surface area contributed by atoms with E-state index in [-0.39, 0.29) is 16.4 Å². The zero-order chi connectivity index (χ0) is 21.9. The van der Waals surface area contributed by atoms with E-state index in [4.69, 9.17) is 0 Å². The molecule has 0 aliphatic rings. The maximum atomic E-state index is 12.9. The molecule has 0 aliphatic heterocycles. The third kappa shape index (κ3) is 4.94. The first-order chi connectivity index (χ1) is 14.1. The molecule has 0 saturated carbocycles. The van der Waals surface area contributed by atoms with Crippen molar-refractivity contribution < 1.29 is 26.4 Å². The van der Waals surface area contributed by atoms with Crippen molar-refractivity contribution in [3.63, 3.8) is 0 Å². The number of benzene rings is 2. The molecule has 0 aliphatic carbocycles. The highest BCUT2D eigenvalue weighted by atomic mass is 32.2. The van der Waals surface area contributed by atoms with Crippen molar-refractivity contribution in [1.29, 1.82) is 0 Å². The molecule has 30 heavy (non-hydrogen) atoms. The normalized spacial score (nSPS) is 11.9. The SMILES string of the molecule is CCc1nnc(NC(=O)c2ccccc2NS(=O)(=O)c2cccc(C(F)(F)F)c2)s1. The van der Waals surface area contributed by atoms with Crippen LogP contribution in [0.25, 0.3) is 0 Å². The Bertz CT molecular complexity index is 1180. The number of nitrogens with zero attached hydrogens (tertiary/aromatic N) is 2. The Kier molecular flexibility index (Phi) is 6.08. The maximum Gasteiger partial charge on any atom is 0.416 e. The summed E-state index contributed by atoms with van der Waals surface area (Å²) in [7, 11) is -4.38. The summed E-state index contributed by atoms with van der Waals surface area (Å²) < 4.78 is 66.2. The standard InChI is InChI=1S/C18H15F3N4O3S2/c1-2-15-23-24-17(29-15)22-16(26)13-8-3-4-9-14(13)25-30(27,28)12-7-5-6-11(10-12)18(19,20)21/h3-10,25H,2H2,1H3,(H,22,24,26). The Balaban J connectivity index is 1.87. The lowest BCUT2D eigenvalue weighted by molar-refractivity contribution is -0.137. The van der Waals surface area contributed by atoms with Crippen LogP contribution >= 0.6 is 11.3 Å².